The molecule has 0 atom stereocenters. The van der Waals surface area contributed by atoms with Crippen LogP contribution >= 0.6 is 0 Å². The van der Waals surface area contributed by atoms with E-state index in [1.165, 1.54) is 6.21 Å². The second-order valence-electron chi connectivity index (χ2n) is 2.44. The topological polar surface area (TPSA) is 40.9 Å². The number of benzene rings is 1. The highest BCUT2D eigenvalue weighted by molar-refractivity contribution is 6.52. The van der Waals surface area contributed by atoms with E-state index in [1.54, 1.807) is 6.07 Å². The van der Waals surface area contributed by atoms with Crippen molar-refractivity contribution in [3.63, 3.8) is 0 Å². The number of hydrogen-bond donors (Lipinski definition) is 1. The minimum Gasteiger partial charge on any atom is -0.308 e. The Morgan fingerprint density at radius 3 is 2.67 bits per heavy atom. The van der Waals surface area contributed by atoms with Crippen LogP contribution in [0, 0.1) is 5.41 Å². The molecule has 1 radical (unpaired) electrons. The largest absolute Gasteiger partial charge is 0.308 e. The second-order valence-corrected chi connectivity index (χ2v) is 2.44. The zero-order valence-corrected chi connectivity index (χ0v) is 6.87. The number of hydrogen-bond acceptors (Lipinski definition) is 2. The fourth-order valence-corrected chi connectivity index (χ4v) is 1.01. The molecule has 1 aromatic carbocycles. The molecule has 0 aromatic heterocycles. The van der Waals surface area contributed by atoms with Crippen LogP contribution in [0.4, 0.5) is 0 Å². The summed E-state index contributed by atoms with van der Waals surface area (Å²) in [6.45, 7) is 1.92. The summed E-state index contributed by atoms with van der Waals surface area (Å²) in [6.07, 6.45) is 1.95. The van der Waals surface area contributed by atoms with Crippen LogP contribution in [0.2, 0.25) is 6.82 Å². The Hall–Kier alpha value is -1.38. The molecule has 3 heteroatoms. The first-order chi connectivity index (χ1) is 5.81. The van der Waals surface area contributed by atoms with Crippen molar-refractivity contribution in [2.75, 3.05) is 0 Å². The lowest BCUT2D eigenvalue weighted by molar-refractivity contribution is 0.112. The highest BCUT2D eigenvalue weighted by Crippen LogP contribution is 2.00. The average Bonchev–Trinajstić information content (AvgIpc) is 2.16. The number of rotatable bonds is 3. The summed E-state index contributed by atoms with van der Waals surface area (Å²) in [4.78, 5) is 10.5. The predicted molar refractivity (Wildman–Crippen MR) is 51.0 cm³/mol. The van der Waals surface area contributed by atoms with Crippen molar-refractivity contribution >= 4 is 25.2 Å². The molecule has 0 spiro atoms. The lowest BCUT2D eigenvalue weighted by atomic mass is 9.72. The molecule has 0 saturated carbocycles. The van der Waals surface area contributed by atoms with E-state index in [4.69, 9.17) is 5.41 Å². The van der Waals surface area contributed by atoms with Gasteiger partial charge in [-0.05, 0) is 0 Å². The lowest BCUT2D eigenvalue weighted by Gasteiger charge is -2.00. The normalized spacial score (nSPS) is 9.08. The maximum Gasteiger partial charge on any atom is 0.150 e. The molecule has 1 aromatic rings. The predicted octanol–water partition coefficient (Wildman–Crippen LogP) is 0.874. The van der Waals surface area contributed by atoms with E-state index in [-0.39, 0.29) is 0 Å². The van der Waals surface area contributed by atoms with Gasteiger partial charge in [0.1, 0.15) is 7.28 Å². The third-order valence-electron chi connectivity index (χ3n) is 1.73. The Morgan fingerprint density at radius 1 is 1.42 bits per heavy atom. The van der Waals surface area contributed by atoms with E-state index < -0.39 is 0 Å². The zero-order chi connectivity index (χ0) is 8.97. The van der Waals surface area contributed by atoms with Gasteiger partial charge in [0.15, 0.2) is 6.29 Å². The molecule has 0 aliphatic carbocycles. The first-order valence-electron chi connectivity index (χ1n) is 3.71. The van der Waals surface area contributed by atoms with Crippen LogP contribution in [-0.2, 0) is 0 Å². The van der Waals surface area contributed by atoms with Crippen LogP contribution in [0.15, 0.2) is 18.2 Å². The van der Waals surface area contributed by atoms with Crippen molar-refractivity contribution < 1.29 is 4.79 Å². The van der Waals surface area contributed by atoms with Gasteiger partial charge in [-0.1, -0.05) is 30.5 Å². The summed E-state index contributed by atoms with van der Waals surface area (Å²) in [5.41, 5.74) is 2.26. The molecule has 12 heavy (non-hydrogen) atoms. The van der Waals surface area contributed by atoms with Gasteiger partial charge in [-0.2, -0.15) is 0 Å². The molecule has 0 fully saturated rings. The molecule has 2 nitrogen and oxygen atoms in total. The standard InChI is InChI=1S/C9H9BNO/c1-10-9-3-2-7(6-12)8(4-9)5-11/h2-6,11H,1H3. The Balaban J connectivity index is 3.18. The van der Waals surface area contributed by atoms with Gasteiger partial charge in [0.05, 0.1) is 0 Å². The smallest absolute Gasteiger partial charge is 0.150 e. The van der Waals surface area contributed by atoms with Gasteiger partial charge in [-0.3, -0.25) is 4.79 Å². The monoisotopic (exact) mass is 158 g/mol. The van der Waals surface area contributed by atoms with E-state index in [9.17, 15) is 4.79 Å². The third-order valence-corrected chi connectivity index (χ3v) is 1.73. The van der Waals surface area contributed by atoms with Crippen LogP contribution in [-0.4, -0.2) is 19.8 Å². The summed E-state index contributed by atoms with van der Waals surface area (Å²) in [5, 5.41) is 7.06. The van der Waals surface area contributed by atoms with Crippen molar-refractivity contribution in [2.45, 2.75) is 6.82 Å². The molecule has 0 bridgehead atoms. The van der Waals surface area contributed by atoms with Crippen molar-refractivity contribution in [3.05, 3.63) is 29.3 Å². The summed E-state index contributed by atoms with van der Waals surface area (Å²) in [7, 11) is 1.93. The molecule has 1 rings (SSSR count). The van der Waals surface area contributed by atoms with Crippen molar-refractivity contribution in [1.82, 2.24) is 0 Å². The van der Waals surface area contributed by atoms with E-state index in [2.05, 4.69) is 0 Å². The fourth-order valence-electron chi connectivity index (χ4n) is 1.01. The van der Waals surface area contributed by atoms with Crippen molar-refractivity contribution in [1.29, 1.82) is 5.41 Å². The minimum atomic E-state index is 0.565. The molecule has 59 valence electrons. The van der Waals surface area contributed by atoms with Crippen LogP contribution in [0.1, 0.15) is 15.9 Å². The average molecular weight is 158 g/mol. The zero-order valence-electron chi connectivity index (χ0n) is 6.87. The van der Waals surface area contributed by atoms with E-state index in [0.29, 0.717) is 11.1 Å². The highest BCUT2D eigenvalue weighted by Gasteiger charge is 1.99. The minimum absolute atomic E-state index is 0.565. The Bertz CT molecular complexity index is 309. The quantitative estimate of drug-likeness (QED) is 0.395. The van der Waals surface area contributed by atoms with Crippen molar-refractivity contribution in [2.24, 2.45) is 0 Å². The van der Waals surface area contributed by atoms with Gasteiger partial charge in [-0.25, -0.2) is 0 Å². The molecule has 0 heterocycles. The van der Waals surface area contributed by atoms with Crippen molar-refractivity contribution in [3.8, 4) is 0 Å². The van der Waals surface area contributed by atoms with Gasteiger partial charge in [0, 0.05) is 17.3 Å². The Kier molecular flexibility index (Phi) is 2.80. The van der Waals surface area contributed by atoms with E-state index in [1.807, 2.05) is 26.2 Å². The Morgan fingerprint density at radius 2 is 2.17 bits per heavy atom. The summed E-state index contributed by atoms with van der Waals surface area (Å²) in [6, 6.07) is 5.40. The number of aldehydes is 1. The molecule has 0 unspecified atom stereocenters. The summed E-state index contributed by atoms with van der Waals surface area (Å²) < 4.78 is 0. The first-order valence-corrected chi connectivity index (χ1v) is 3.71. The third kappa shape index (κ3) is 1.61. The molecule has 0 saturated heterocycles. The molecule has 0 aliphatic rings. The van der Waals surface area contributed by atoms with Crippen LogP contribution in [0.3, 0.4) is 0 Å². The van der Waals surface area contributed by atoms with Gasteiger partial charge in [-0.15, -0.1) is 0 Å². The van der Waals surface area contributed by atoms with Crippen LogP contribution in [0.5, 0.6) is 0 Å². The second kappa shape index (κ2) is 3.86. The SMILES string of the molecule is C[B]c1ccc(C=O)c(C=N)c1. The molecule has 0 amide bonds. The van der Waals surface area contributed by atoms with Gasteiger partial charge >= 0.3 is 0 Å². The van der Waals surface area contributed by atoms with Gasteiger partial charge in [0.25, 0.3) is 0 Å². The Labute approximate surface area is 72.4 Å². The highest BCUT2D eigenvalue weighted by atomic mass is 16.1. The molecular formula is C9H9BNO. The fraction of sp³-hybridized carbons (Fsp3) is 0.111. The lowest BCUT2D eigenvalue weighted by Crippen LogP contribution is -2.12. The van der Waals surface area contributed by atoms with E-state index >= 15 is 0 Å². The number of carbonyl (C=O) groups is 1. The van der Waals surface area contributed by atoms with Gasteiger partial charge < -0.3 is 5.41 Å². The van der Waals surface area contributed by atoms with Crippen LogP contribution in [0.25, 0.3) is 0 Å². The summed E-state index contributed by atoms with van der Waals surface area (Å²) in [5.74, 6) is 0. The first kappa shape index (κ1) is 8.72. The maximum atomic E-state index is 10.5. The molecular weight excluding hydrogens is 149 g/mol. The van der Waals surface area contributed by atoms with Gasteiger partial charge in [0.2, 0.25) is 0 Å². The number of nitrogens with one attached hydrogen (secondary N) is 1. The maximum absolute atomic E-state index is 10.5. The number of carbonyl (C=O) groups excluding carboxylic acids is 1. The summed E-state index contributed by atoms with van der Waals surface area (Å²) >= 11 is 0. The van der Waals surface area contributed by atoms with E-state index in [0.717, 1.165) is 11.7 Å². The molecule has 0 aliphatic heterocycles. The van der Waals surface area contributed by atoms with Crippen LogP contribution < -0.4 is 5.46 Å². The molecule has 1 N–H and O–H groups in total.